The van der Waals surface area contributed by atoms with Crippen molar-refractivity contribution in [2.24, 2.45) is 5.92 Å². The molecule has 6 heteroatoms. The number of carbonyl (C=O) groups excluding carboxylic acids is 1. The topological polar surface area (TPSA) is 50.6 Å². The van der Waals surface area contributed by atoms with E-state index in [1.54, 1.807) is 0 Å². The summed E-state index contributed by atoms with van der Waals surface area (Å²) in [5, 5.41) is 4.48. The second-order valence-corrected chi connectivity index (χ2v) is 6.53. The Kier molecular flexibility index (Phi) is 3.33. The second-order valence-electron chi connectivity index (χ2n) is 6.53. The van der Waals surface area contributed by atoms with Crippen molar-refractivity contribution in [3.05, 3.63) is 18.0 Å². The maximum Gasteiger partial charge on any atom is 0.410 e. The molecule has 1 amide bonds. The molecule has 1 saturated carbocycles. The van der Waals surface area contributed by atoms with E-state index in [2.05, 4.69) is 20.9 Å². The van der Waals surface area contributed by atoms with Crippen LogP contribution < -0.4 is 0 Å². The van der Waals surface area contributed by atoms with E-state index in [1.165, 1.54) is 24.8 Å². The molecule has 0 aromatic carbocycles. The van der Waals surface area contributed by atoms with E-state index < -0.39 is 0 Å². The summed E-state index contributed by atoms with van der Waals surface area (Å²) in [5.41, 5.74) is 1.27. The predicted molar refractivity (Wildman–Crippen MR) is 76.7 cm³/mol. The molecule has 114 valence electrons. The van der Waals surface area contributed by atoms with Gasteiger partial charge >= 0.3 is 6.09 Å². The molecule has 2 aliphatic heterocycles. The van der Waals surface area contributed by atoms with Crippen molar-refractivity contribution in [2.45, 2.75) is 38.4 Å². The summed E-state index contributed by atoms with van der Waals surface area (Å²) in [6.45, 7) is 5.12. The van der Waals surface area contributed by atoms with Crippen LogP contribution in [0.4, 0.5) is 4.79 Å². The Bertz CT molecular complexity index is 525. The number of amides is 1. The number of piperazine rings is 1. The highest BCUT2D eigenvalue weighted by atomic mass is 16.6. The van der Waals surface area contributed by atoms with Crippen molar-refractivity contribution in [1.82, 2.24) is 19.6 Å². The van der Waals surface area contributed by atoms with Gasteiger partial charge < -0.3 is 4.74 Å². The first-order valence-corrected chi connectivity index (χ1v) is 7.95. The van der Waals surface area contributed by atoms with Crippen LogP contribution in [0, 0.1) is 5.92 Å². The smallest absolute Gasteiger partial charge is 0.410 e. The van der Waals surface area contributed by atoms with E-state index in [1.807, 2.05) is 11.1 Å². The maximum absolute atomic E-state index is 11.5. The molecule has 6 nitrogen and oxygen atoms in total. The fraction of sp³-hybridized carbons (Fsp3) is 0.733. The summed E-state index contributed by atoms with van der Waals surface area (Å²) in [7, 11) is 0. The van der Waals surface area contributed by atoms with E-state index in [0.717, 1.165) is 38.6 Å². The Labute approximate surface area is 124 Å². The van der Waals surface area contributed by atoms with Gasteiger partial charge in [0.25, 0.3) is 0 Å². The summed E-state index contributed by atoms with van der Waals surface area (Å²) < 4.78 is 7.20. The van der Waals surface area contributed by atoms with Gasteiger partial charge in [-0.1, -0.05) is 6.42 Å². The summed E-state index contributed by atoms with van der Waals surface area (Å²) in [5.74, 6) is 0.836. The zero-order valence-corrected chi connectivity index (χ0v) is 12.3. The fourth-order valence-electron chi connectivity index (χ4n) is 3.48. The molecule has 1 aromatic heterocycles. The zero-order valence-electron chi connectivity index (χ0n) is 12.3. The molecule has 0 N–H and O–H groups in total. The predicted octanol–water partition coefficient (Wildman–Crippen LogP) is 1.32. The molecular weight excluding hydrogens is 268 g/mol. The van der Waals surface area contributed by atoms with Gasteiger partial charge in [-0.05, 0) is 18.8 Å². The lowest BCUT2D eigenvalue weighted by atomic mass is 9.85. The normalized spacial score (nSPS) is 26.6. The highest BCUT2D eigenvalue weighted by Gasteiger charge is 2.37. The first kappa shape index (κ1) is 13.1. The molecule has 3 heterocycles. The molecule has 3 fully saturated rings. The van der Waals surface area contributed by atoms with E-state index in [-0.39, 0.29) is 12.1 Å². The molecule has 0 bridgehead atoms. The number of hydrogen-bond donors (Lipinski definition) is 0. The van der Waals surface area contributed by atoms with Gasteiger partial charge in [-0.3, -0.25) is 14.5 Å². The van der Waals surface area contributed by atoms with Gasteiger partial charge in [0.15, 0.2) is 0 Å². The van der Waals surface area contributed by atoms with Crippen molar-refractivity contribution in [3.63, 3.8) is 0 Å². The van der Waals surface area contributed by atoms with Crippen molar-refractivity contribution >= 4 is 6.09 Å². The minimum absolute atomic E-state index is 0.145. The minimum Gasteiger partial charge on any atom is -0.447 e. The first-order chi connectivity index (χ1) is 10.3. The number of aromatic nitrogens is 2. The zero-order chi connectivity index (χ0) is 14.2. The summed E-state index contributed by atoms with van der Waals surface area (Å²) in [6, 6.07) is 0.233. The third kappa shape index (κ3) is 2.64. The van der Waals surface area contributed by atoms with Gasteiger partial charge in [-0.25, -0.2) is 4.79 Å². The summed E-state index contributed by atoms with van der Waals surface area (Å²) >= 11 is 0. The van der Waals surface area contributed by atoms with Gasteiger partial charge in [-0.2, -0.15) is 5.10 Å². The molecule has 0 spiro atoms. The van der Waals surface area contributed by atoms with E-state index in [4.69, 9.17) is 4.74 Å². The average Bonchev–Trinajstić information content (AvgIpc) is 3.02. The number of hydrogen-bond acceptors (Lipinski definition) is 4. The molecule has 1 unspecified atom stereocenters. The van der Waals surface area contributed by atoms with Crippen LogP contribution in [0.3, 0.4) is 0 Å². The first-order valence-electron chi connectivity index (χ1n) is 7.95. The second kappa shape index (κ2) is 5.33. The molecular formula is C15H22N4O2. The molecule has 2 saturated heterocycles. The Morgan fingerprint density at radius 3 is 3.05 bits per heavy atom. The highest BCUT2D eigenvalue weighted by Crippen LogP contribution is 2.27. The molecule has 4 rings (SSSR count). The SMILES string of the molecule is O=C1OCC2CN(Cc3cnn(CC4CCC4)c3)CCN12. The average molecular weight is 290 g/mol. The van der Waals surface area contributed by atoms with Gasteiger partial charge in [0, 0.05) is 44.5 Å². The van der Waals surface area contributed by atoms with Crippen LogP contribution >= 0.6 is 0 Å². The van der Waals surface area contributed by atoms with Crippen molar-refractivity contribution in [2.75, 3.05) is 26.2 Å². The van der Waals surface area contributed by atoms with Crippen LogP contribution in [0.15, 0.2) is 12.4 Å². The Morgan fingerprint density at radius 1 is 1.33 bits per heavy atom. The molecule has 1 aliphatic carbocycles. The molecule has 3 aliphatic rings. The van der Waals surface area contributed by atoms with Crippen molar-refractivity contribution in [3.8, 4) is 0 Å². The Hall–Kier alpha value is -1.56. The van der Waals surface area contributed by atoms with Crippen LogP contribution in [-0.4, -0.2) is 58.0 Å². The van der Waals surface area contributed by atoms with Crippen molar-refractivity contribution < 1.29 is 9.53 Å². The minimum atomic E-state index is -0.145. The standard InChI is InChI=1S/C15H22N4O2/c20-15-19-5-4-17(10-14(19)11-21-15)7-13-6-16-18(9-13)8-12-2-1-3-12/h6,9,12,14H,1-5,7-8,10-11H2. The third-order valence-electron chi connectivity index (χ3n) is 4.96. The lowest BCUT2D eigenvalue weighted by Crippen LogP contribution is -2.51. The molecule has 1 aromatic rings. The lowest BCUT2D eigenvalue weighted by Gasteiger charge is -2.35. The number of nitrogens with zero attached hydrogens (tertiary/aromatic N) is 4. The van der Waals surface area contributed by atoms with Crippen LogP contribution in [0.25, 0.3) is 0 Å². The van der Waals surface area contributed by atoms with Crippen LogP contribution in [0.2, 0.25) is 0 Å². The summed E-state index contributed by atoms with van der Waals surface area (Å²) in [4.78, 5) is 15.7. The largest absolute Gasteiger partial charge is 0.447 e. The highest BCUT2D eigenvalue weighted by molar-refractivity contribution is 5.70. The van der Waals surface area contributed by atoms with Gasteiger partial charge in [0.05, 0.1) is 12.2 Å². The number of cyclic esters (lactones) is 1. The number of carbonyl (C=O) groups is 1. The third-order valence-corrected chi connectivity index (χ3v) is 4.96. The number of fused-ring (bicyclic) bond motifs is 1. The van der Waals surface area contributed by atoms with Crippen LogP contribution in [0.5, 0.6) is 0 Å². The van der Waals surface area contributed by atoms with Gasteiger partial charge in [-0.15, -0.1) is 0 Å². The van der Waals surface area contributed by atoms with Crippen LogP contribution in [0.1, 0.15) is 24.8 Å². The van der Waals surface area contributed by atoms with Crippen LogP contribution in [-0.2, 0) is 17.8 Å². The van der Waals surface area contributed by atoms with Crippen molar-refractivity contribution in [1.29, 1.82) is 0 Å². The van der Waals surface area contributed by atoms with Gasteiger partial charge in [0.2, 0.25) is 0 Å². The van der Waals surface area contributed by atoms with E-state index in [9.17, 15) is 4.79 Å². The molecule has 21 heavy (non-hydrogen) atoms. The Balaban J connectivity index is 1.32. The lowest BCUT2D eigenvalue weighted by molar-refractivity contribution is 0.115. The Morgan fingerprint density at radius 2 is 2.24 bits per heavy atom. The maximum atomic E-state index is 11.5. The summed E-state index contributed by atoms with van der Waals surface area (Å²) in [6.07, 6.45) is 8.11. The number of ether oxygens (including phenoxy) is 1. The molecule has 1 atom stereocenters. The van der Waals surface area contributed by atoms with E-state index in [0.29, 0.717) is 6.61 Å². The fourth-order valence-corrected chi connectivity index (χ4v) is 3.48. The molecule has 0 radical (unpaired) electrons. The van der Waals surface area contributed by atoms with E-state index >= 15 is 0 Å². The monoisotopic (exact) mass is 290 g/mol. The quantitative estimate of drug-likeness (QED) is 0.839. The van der Waals surface area contributed by atoms with Gasteiger partial charge in [0.1, 0.15) is 6.61 Å². The number of rotatable bonds is 4.